The van der Waals surface area contributed by atoms with Crippen LogP contribution in [-0.2, 0) is 14.3 Å². The van der Waals surface area contributed by atoms with Crippen LogP contribution in [0.2, 0.25) is 0 Å². The number of amides is 1. The highest BCUT2D eigenvalue weighted by Gasteiger charge is 2.29. The Bertz CT molecular complexity index is 395. The number of nitrogens with zero attached hydrogens (tertiary/aromatic N) is 1. The van der Waals surface area contributed by atoms with E-state index in [1.165, 1.54) is 6.42 Å². The zero-order chi connectivity index (χ0) is 18.2. The molecule has 0 aromatic heterocycles. The third-order valence-corrected chi connectivity index (χ3v) is 4.59. The fraction of sp³-hybridized carbons (Fsp3) is 0.895. The van der Waals surface area contributed by atoms with Crippen molar-refractivity contribution in [1.82, 2.24) is 4.90 Å². The fourth-order valence-corrected chi connectivity index (χ4v) is 3.24. The van der Waals surface area contributed by atoms with Crippen LogP contribution in [0.1, 0.15) is 79.1 Å². The van der Waals surface area contributed by atoms with Gasteiger partial charge in [0.2, 0.25) is 0 Å². The normalized spacial score (nSPS) is 21.2. The molecular formula is C19H35NO4. The number of unbranched alkanes of at least 4 members (excludes halogenated alkanes) is 1. The minimum absolute atomic E-state index is 0.0832. The maximum Gasteiger partial charge on any atom is 0.410 e. The van der Waals surface area contributed by atoms with Gasteiger partial charge in [0.05, 0.1) is 6.61 Å². The quantitative estimate of drug-likeness (QED) is 0.504. The van der Waals surface area contributed by atoms with Crippen molar-refractivity contribution in [3.63, 3.8) is 0 Å². The average Bonchev–Trinajstić information content (AvgIpc) is 2.50. The monoisotopic (exact) mass is 341 g/mol. The molecule has 1 saturated carbocycles. The summed E-state index contributed by atoms with van der Waals surface area (Å²) < 4.78 is 10.4. The summed E-state index contributed by atoms with van der Waals surface area (Å²) in [6.07, 6.45) is 7.85. The van der Waals surface area contributed by atoms with E-state index in [0.29, 0.717) is 13.0 Å². The van der Waals surface area contributed by atoms with Crippen molar-refractivity contribution in [2.24, 2.45) is 5.92 Å². The molecule has 140 valence electrons. The standard InChI is InChI=1S/C19H35NO4/c1-6-23-17(21)10-8-7-9-15-11-13-16(14-12-15)20(5)18(22)24-19(2,3)4/h15-16H,6-14H2,1-5H3. The van der Waals surface area contributed by atoms with Gasteiger partial charge in [-0.25, -0.2) is 4.79 Å². The highest BCUT2D eigenvalue weighted by molar-refractivity contribution is 5.69. The summed E-state index contributed by atoms with van der Waals surface area (Å²) >= 11 is 0. The van der Waals surface area contributed by atoms with Crippen LogP contribution in [0.15, 0.2) is 0 Å². The summed E-state index contributed by atoms with van der Waals surface area (Å²) in [5.74, 6) is 0.635. The van der Waals surface area contributed by atoms with Crippen molar-refractivity contribution >= 4 is 12.1 Å². The number of hydrogen-bond acceptors (Lipinski definition) is 4. The molecule has 0 aromatic carbocycles. The van der Waals surface area contributed by atoms with Crippen LogP contribution in [0.25, 0.3) is 0 Å². The maximum atomic E-state index is 12.1. The van der Waals surface area contributed by atoms with Crippen LogP contribution in [0.3, 0.4) is 0 Å². The Hall–Kier alpha value is -1.26. The van der Waals surface area contributed by atoms with E-state index in [1.54, 1.807) is 4.90 Å². The Morgan fingerprint density at radius 2 is 1.71 bits per heavy atom. The zero-order valence-electron chi connectivity index (χ0n) is 16.1. The van der Waals surface area contributed by atoms with E-state index < -0.39 is 5.60 Å². The molecule has 5 heteroatoms. The molecule has 0 unspecified atom stereocenters. The summed E-state index contributed by atoms with van der Waals surface area (Å²) in [6, 6.07) is 0.288. The van der Waals surface area contributed by atoms with Crippen LogP contribution in [-0.4, -0.2) is 42.3 Å². The Kier molecular flexibility index (Phi) is 8.57. The fourth-order valence-electron chi connectivity index (χ4n) is 3.24. The topological polar surface area (TPSA) is 55.8 Å². The van der Waals surface area contributed by atoms with Crippen LogP contribution in [0.4, 0.5) is 4.79 Å². The van der Waals surface area contributed by atoms with Crippen LogP contribution in [0, 0.1) is 5.92 Å². The molecule has 24 heavy (non-hydrogen) atoms. The van der Waals surface area contributed by atoms with Gasteiger partial charge < -0.3 is 14.4 Å². The van der Waals surface area contributed by atoms with Gasteiger partial charge in [-0.3, -0.25) is 4.79 Å². The van der Waals surface area contributed by atoms with E-state index in [2.05, 4.69) is 0 Å². The van der Waals surface area contributed by atoms with Crippen molar-refractivity contribution in [1.29, 1.82) is 0 Å². The van der Waals surface area contributed by atoms with E-state index >= 15 is 0 Å². The number of carbonyl (C=O) groups is 2. The Morgan fingerprint density at radius 3 is 2.25 bits per heavy atom. The smallest absolute Gasteiger partial charge is 0.410 e. The molecule has 0 N–H and O–H groups in total. The lowest BCUT2D eigenvalue weighted by molar-refractivity contribution is -0.143. The van der Waals surface area contributed by atoms with Gasteiger partial charge in [-0.2, -0.15) is 0 Å². The SMILES string of the molecule is CCOC(=O)CCCCC1CCC(N(C)C(=O)OC(C)(C)C)CC1. The van der Waals surface area contributed by atoms with Gasteiger partial charge in [0.15, 0.2) is 0 Å². The lowest BCUT2D eigenvalue weighted by atomic mass is 9.82. The number of esters is 1. The second kappa shape index (κ2) is 9.90. The highest BCUT2D eigenvalue weighted by Crippen LogP contribution is 2.31. The van der Waals surface area contributed by atoms with Gasteiger partial charge in [0.25, 0.3) is 0 Å². The third-order valence-electron chi connectivity index (χ3n) is 4.59. The Morgan fingerprint density at radius 1 is 1.08 bits per heavy atom. The molecule has 1 aliphatic rings. The molecular weight excluding hydrogens is 306 g/mol. The Balaban J connectivity index is 2.21. The number of carbonyl (C=O) groups excluding carboxylic acids is 2. The van der Waals surface area contributed by atoms with E-state index in [4.69, 9.17) is 9.47 Å². The summed E-state index contributed by atoms with van der Waals surface area (Å²) in [5, 5.41) is 0. The highest BCUT2D eigenvalue weighted by atomic mass is 16.6. The van der Waals surface area contributed by atoms with Crippen molar-refractivity contribution in [2.45, 2.75) is 90.7 Å². The van der Waals surface area contributed by atoms with Gasteiger partial charge >= 0.3 is 12.1 Å². The predicted octanol–water partition coefficient (Wildman–Crippen LogP) is 4.54. The summed E-state index contributed by atoms with van der Waals surface area (Å²) in [5.41, 5.74) is -0.443. The largest absolute Gasteiger partial charge is 0.466 e. The first kappa shape index (κ1) is 20.8. The van der Waals surface area contributed by atoms with Gasteiger partial charge in [0, 0.05) is 19.5 Å². The number of ether oxygens (including phenoxy) is 2. The van der Waals surface area contributed by atoms with Gasteiger partial charge in [-0.1, -0.05) is 12.8 Å². The lowest BCUT2D eigenvalue weighted by Gasteiger charge is -2.35. The van der Waals surface area contributed by atoms with E-state index in [9.17, 15) is 9.59 Å². The minimum Gasteiger partial charge on any atom is -0.466 e. The molecule has 1 rings (SSSR count). The molecule has 1 fully saturated rings. The van der Waals surface area contributed by atoms with Gasteiger partial charge in [-0.05, 0) is 65.7 Å². The molecule has 0 saturated heterocycles. The minimum atomic E-state index is -0.443. The first-order valence-corrected chi connectivity index (χ1v) is 9.34. The first-order chi connectivity index (χ1) is 11.2. The Labute approximate surface area is 147 Å². The van der Waals surface area contributed by atoms with E-state index in [-0.39, 0.29) is 18.1 Å². The van der Waals surface area contributed by atoms with Crippen molar-refractivity contribution in [3.05, 3.63) is 0 Å². The van der Waals surface area contributed by atoms with Crippen LogP contribution in [0.5, 0.6) is 0 Å². The molecule has 5 nitrogen and oxygen atoms in total. The second-order valence-corrected chi connectivity index (χ2v) is 7.82. The molecule has 0 heterocycles. The number of hydrogen-bond donors (Lipinski definition) is 0. The molecule has 0 aromatic rings. The molecule has 0 spiro atoms. The molecule has 0 radical (unpaired) electrons. The van der Waals surface area contributed by atoms with Crippen LogP contribution >= 0.6 is 0 Å². The maximum absolute atomic E-state index is 12.1. The first-order valence-electron chi connectivity index (χ1n) is 9.34. The van der Waals surface area contributed by atoms with Gasteiger partial charge in [0.1, 0.15) is 5.60 Å². The predicted molar refractivity (Wildman–Crippen MR) is 94.8 cm³/mol. The molecule has 1 amide bonds. The van der Waals surface area contributed by atoms with Gasteiger partial charge in [-0.15, -0.1) is 0 Å². The van der Waals surface area contributed by atoms with Crippen molar-refractivity contribution < 1.29 is 19.1 Å². The molecule has 1 aliphatic carbocycles. The van der Waals surface area contributed by atoms with E-state index in [1.807, 2.05) is 34.7 Å². The summed E-state index contributed by atoms with van der Waals surface area (Å²) in [6.45, 7) is 7.99. The molecule has 0 aliphatic heterocycles. The average molecular weight is 341 g/mol. The number of rotatable bonds is 7. The lowest BCUT2D eigenvalue weighted by Crippen LogP contribution is -2.42. The van der Waals surface area contributed by atoms with Crippen molar-refractivity contribution in [3.8, 4) is 0 Å². The van der Waals surface area contributed by atoms with Crippen LogP contribution < -0.4 is 0 Å². The second-order valence-electron chi connectivity index (χ2n) is 7.82. The third kappa shape index (κ3) is 8.02. The zero-order valence-corrected chi connectivity index (χ0v) is 16.1. The van der Waals surface area contributed by atoms with E-state index in [0.717, 1.165) is 44.4 Å². The molecule has 0 atom stereocenters. The summed E-state index contributed by atoms with van der Waals surface area (Å²) in [7, 11) is 1.85. The summed E-state index contributed by atoms with van der Waals surface area (Å²) in [4.78, 5) is 25.2. The van der Waals surface area contributed by atoms with Crippen molar-refractivity contribution in [2.75, 3.05) is 13.7 Å². The molecule has 0 bridgehead atoms.